The van der Waals surface area contributed by atoms with Crippen LogP contribution in [0.2, 0.25) is 10.0 Å². The second-order valence-electron chi connectivity index (χ2n) is 5.93. The minimum Gasteiger partial charge on any atom is -0.218 e. The summed E-state index contributed by atoms with van der Waals surface area (Å²) in [6.07, 6.45) is 1.55. The molecule has 6 heteroatoms. The van der Waals surface area contributed by atoms with E-state index in [0.29, 0.717) is 27.0 Å². The van der Waals surface area contributed by atoms with E-state index in [4.69, 9.17) is 23.2 Å². The number of aliphatic imine (C=N–C) groups is 1. The number of nitrogens with zero attached hydrogens (tertiary/aromatic N) is 4. The molecule has 4 aromatic rings. The molecule has 0 saturated carbocycles. The van der Waals surface area contributed by atoms with Gasteiger partial charge in [0.2, 0.25) is 0 Å². The third-order valence-electron chi connectivity index (χ3n) is 4.08. The summed E-state index contributed by atoms with van der Waals surface area (Å²) in [4.78, 5) is 8.98. The monoisotopic (exact) mass is 404 g/mol. The lowest BCUT2D eigenvalue weighted by Gasteiger charge is -2.08. The Kier molecular flexibility index (Phi) is 5.42. The van der Waals surface area contributed by atoms with Gasteiger partial charge in [0, 0.05) is 22.9 Å². The molecule has 4 nitrogen and oxygen atoms in total. The van der Waals surface area contributed by atoms with Crippen LogP contribution in [0.25, 0.3) is 22.5 Å². The smallest absolute Gasteiger partial charge is 0.218 e. The molecule has 3 aromatic carbocycles. The number of rotatable bonds is 4. The van der Waals surface area contributed by atoms with E-state index in [9.17, 15) is 0 Å². The fourth-order valence-electron chi connectivity index (χ4n) is 2.72. The van der Waals surface area contributed by atoms with Crippen molar-refractivity contribution in [2.24, 2.45) is 4.99 Å². The van der Waals surface area contributed by atoms with Crippen LogP contribution in [0, 0.1) is 0 Å². The molecule has 0 N–H and O–H groups in total. The van der Waals surface area contributed by atoms with Crippen molar-refractivity contribution < 1.29 is 0 Å². The Morgan fingerprint density at radius 2 is 1.21 bits per heavy atom. The average molecular weight is 405 g/mol. The van der Waals surface area contributed by atoms with Gasteiger partial charge >= 0.3 is 0 Å². The van der Waals surface area contributed by atoms with Crippen LogP contribution in [-0.2, 0) is 0 Å². The maximum Gasteiger partial charge on any atom is 0.269 e. The highest BCUT2D eigenvalue weighted by Gasteiger charge is 2.13. The van der Waals surface area contributed by atoms with Gasteiger partial charge in [0.1, 0.15) is 11.4 Å². The lowest BCUT2D eigenvalue weighted by atomic mass is 10.0. The fraction of sp³-hybridized carbons (Fsp3) is 0. The highest BCUT2D eigenvalue weighted by atomic mass is 35.5. The van der Waals surface area contributed by atoms with E-state index in [0.717, 1.165) is 11.1 Å². The lowest BCUT2D eigenvalue weighted by Crippen LogP contribution is -1.97. The molecule has 136 valence electrons. The molecule has 1 heterocycles. The molecule has 0 radical (unpaired) electrons. The third-order valence-corrected chi connectivity index (χ3v) is 4.74. The summed E-state index contributed by atoms with van der Waals surface area (Å²) in [5.41, 5.74) is 3.89. The van der Waals surface area contributed by atoms with E-state index in [1.807, 2.05) is 60.7 Å². The van der Waals surface area contributed by atoms with Crippen LogP contribution < -0.4 is 0 Å². The van der Waals surface area contributed by atoms with Gasteiger partial charge in [-0.1, -0.05) is 89.9 Å². The first kappa shape index (κ1) is 18.3. The summed E-state index contributed by atoms with van der Waals surface area (Å²) in [5, 5.41) is 9.58. The maximum absolute atomic E-state index is 6.20. The second-order valence-corrected chi connectivity index (χ2v) is 6.75. The summed E-state index contributed by atoms with van der Waals surface area (Å²) in [6.45, 7) is 0. The van der Waals surface area contributed by atoms with Gasteiger partial charge in [0.25, 0.3) is 5.95 Å². The minimum absolute atomic E-state index is 0.231. The van der Waals surface area contributed by atoms with Gasteiger partial charge in [-0.25, -0.2) is 9.98 Å². The van der Waals surface area contributed by atoms with Crippen molar-refractivity contribution >= 4 is 35.4 Å². The van der Waals surface area contributed by atoms with E-state index in [1.165, 1.54) is 0 Å². The lowest BCUT2D eigenvalue weighted by molar-refractivity contribution is 0.976. The number of hydrogen-bond acceptors (Lipinski definition) is 4. The maximum atomic E-state index is 6.20. The second kappa shape index (κ2) is 8.30. The summed E-state index contributed by atoms with van der Waals surface area (Å²) >= 11 is 12.4. The van der Waals surface area contributed by atoms with Gasteiger partial charge in [0.05, 0.1) is 10.0 Å². The summed E-state index contributed by atoms with van der Waals surface area (Å²) in [7, 11) is 0. The predicted octanol–water partition coefficient (Wildman–Crippen LogP) is 6.26. The zero-order valence-corrected chi connectivity index (χ0v) is 16.1. The van der Waals surface area contributed by atoms with E-state index < -0.39 is 0 Å². The molecule has 0 saturated heterocycles. The average Bonchev–Trinajstić information content (AvgIpc) is 2.74. The first-order chi connectivity index (χ1) is 13.7. The molecular weight excluding hydrogens is 391 g/mol. The molecule has 0 bridgehead atoms. The zero-order chi connectivity index (χ0) is 19.3. The van der Waals surface area contributed by atoms with Gasteiger partial charge in [-0.15, -0.1) is 10.2 Å². The minimum atomic E-state index is 0.231. The Hall–Kier alpha value is -3.08. The summed E-state index contributed by atoms with van der Waals surface area (Å²) in [5.74, 6) is 0.231. The Balaban J connectivity index is 1.80. The Morgan fingerprint density at radius 1 is 0.643 bits per heavy atom. The molecule has 0 atom stereocenters. The molecule has 0 fully saturated rings. The molecule has 0 amide bonds. The van der Waals surface area contributed by atoms with Gasteiger partial charge < -0.3 is 0 Å². The van der Waals surface area contributed by atoms with Gasteiger partial charge in [-0.05, 0) is 12.1 Å². The molecule has 0 aliphatic rings. The van der Waals surface area contributed by atoms with E-state index >= 15 is 0 Å². The molecule has 4 rings (SSSR count). The molecule has 28 heavy (non-hydrogen) atoms. The molecule has 0 unspecified atom stereocenters. The van der Waals surface area contributed by atoms with Crippen LogP contribution in [-0.4, -0.2) is 21.4 Å². The largest absolute Gasteiger partial charge is 0.269 e. The van der Waals surface area contributed by atoms with Crippen LogP contribution in [0.5, 0.6) is 0 Å². The van der Waals surface area contributed by atoms with Crippen LogP contribution in [0.3, 0.4) is 0 Å². The highest BCUT2D eigenvalue weighted by Crippen LogP contribution is 2.29. The highest BCUT2D eigenvalue weighted by molar-refractivity contribution is 6.38. The Bertz CT molecular complexity index is 1110. The third kappa shape index (κ3) is 3.93. The summed E-state index contributed by atoms with van der Waals surface area (Å²) < 4.78 is 0. The Morgan fingerprint density at radius 3 is 1.82 bits per heavy atom. The quantitative estimate of drug-likeness (QED) is 0.377. The van der Waals surface area contributed by atoms with Crippen molar-refractivity contribution in [2.45, 2.75) is 0 Å². The van der Waals surface area contributed by atoms with Crippen molar-refractivity contribution in [2.75, 3.05) is 0 Å². The predicted molar refractivity (Wildman–Crippen MR) is 114 cm³/mol. The van der Waals surface area contributed by atoms with E-state index in [2.05, 4.69) is 20.2 Å². The normalized spacial score (nSPS) is 11.1. The first-order valence-corrected chi connectivity index (χ1v) is 9.31. The first-order valence-electron chi connectivity index (χ1n) is 8.56. The standard InChI is InChI=1S/C22H14Cl2N4/c23-18-12-7-13-19(24)17(18)14-25-22-26-20(15-8-3-1-4-9-15)21(27-28-22)16-10-5-2-6-11-16/h1-14H/b25-14+. The van der Waals surface area contributed by atoms with E-state index in [1.54, 1.807) is 24.4 Å². The molecule has 0 spiro atoms. The Labute approximate surface area is 172 Å². The SMILES string of the molecule is Clc1cccc(Cl)c1/C=N/c1nnc(-c2ccccc2)c(-c2ccccc2)n1. The van der Waals surface area contributed by atoms with Crippen molar-refractivity contribution in [3.05, 3.63) is 94.5 Å². The topological polar surface area (TPSA) is 51.0 Å². The van der Waals surface area contributed by atoms with Crippen LogP contribution in [0.4, 0.5) is 5.95 Å². The van der Waals surface area contributed by atoms with Crippen LogP contribution in [0.15, 0.2) is 83.9 Å². The number of hydrogen-bond donors (Lipinski definition) is 0. The fourth-order valence-corrected chi connectivity index (χ4v) is 3.21. The number of halogens is 2. The number of benzene rings is 3. The van der Waals surface area contributed by atoms with E-state index in [-0.39, 0.29) is 5.95 Å². The van der Waals surface area contributed by atoms with Crippen molar-refractivity contribution in [1.29, 1.82) is 0 Å². The molecule has 0 aliphatic heterocycles. The van der Waals surface area contributed by atoms with Gasteiger partial charge in [-0.2, -0.15) is 0 Å². The summed E-state index contributed by atoms with van der Waals surface area (Å²) in [6, 6.07) is 24.9. The number of aromatic nitrogens is 3. The van der Waals surface area contributed by atoms with Crippen LogP contribution >= 0.6 is 23.2 Å². The molecular formula is C22H14Cl2N4. The van der Waals surface area contributed by atoms with Crippen molar-refractivity contribution in [1.82, 2.24) is 15.2 Å². The van der Waals surface area contributed by atoms with Gasteiger partial charge in [-0.3, -0.25) is 0 Å². The van der Waals surface area contributed by atoms with Crippen LogP contribution in [0.1, 0.15) is 5.56 Å². The molecule has 1 aromatic heterocycles. The molecule has 0 aliphatic carbocycles. The van der Waals surface area contributed by atoms with Crippen molar-refractivity contribution in [3.8, 4) is 22.5 Å². The van der Waals surface area contributed by atoms with Gasteiger partial charge in [0.15, 0.2) is 0 Å². The van der Waals surface area contributed by atoms with Crippen molar-refractivity contribution in [3.63, 3.8) is 0 Å². The zero-order valence-electron chi connectivity index (χ0n) is 14.6.